The van der Waals surface area contributed by atoms with Crippen molar-refractivity contribution in [3.63, 3.8) is 0 Å². The monoisotopic (exact) mass is 541 g/mol. The zero-order valence-electron chi connectivity index (χ0n) is 16.1. The zero-order chi connectivity index (χ0) is 23.3. The maximum Gasteiger partial charge on any atom is 0.400 e. The molecule has 0 saturated heterocycles. The Balaban J connectivity index is 1.84. The summed E-state index contributed by atoms with van der Waals surface area (Å²) in [6, 6.07) is 15.9. The van der Waals surface area contributed by atoms with E-state index in [1.807, 2.05) is 42.5 Å². The first-order valence-corrected chi connectivity index (χ1v) is 12.3. The molecular weight excluding hydrogens is 527 g/mol. The number of ether oxygens (including phenoxy) is 1. The van der Waals surface area contributed by atoms with Crippen molar-refractivity contribution >= 4 is 61.6 Å². The van der Waals surface area contributed by atoms with Crippen molar-refractivity contribution in [2.45, 2.75) is 12.3 Å². The normalized spacial score (nSPS) is 12.4. The summed E-state index contributed by atoms with van der Waals surface area (Å²) in [7, 11) is -5.79. The Bertz CT molecular complexity index is 1410. The molecule has 0 saturated carbocycles. The second-order valence-electron chi connectivity index (χ2n) is 6.97. The summed E-state index contributed by atoms with van der Waals surface area (Å²) < 4.78 is 46.2. The van der Waals surface area contributed by atoms with E-state index < -0.39 is 24.0 Å². The number of fused-ring (bicyclic) bond motifs is 2. The molecule has 6 nitrogen and oxygen atoms in total. The standard InChI is InChI=1S/C21H15BrF2NO5PS/c22-17-15-8-13(20(25)26)9-16(18(15)32-19(17)21(23,24)31(27,28)29)30-10-12-6-3-5-11-4-1-2-7-14(11)12/h1-9H,10H2,(H2,25,26)(H2,27,28,29). The van der Waals surface area contributed by atoms with E-state index >= 15 is 0 Å². The van der Waals surface area contributed by atoms with E-state index in [0.29, 0.717) is 11.3 Å². The SMILES string of the molecule is NC(=O)c1cc(OCc2cccc3ccccc23)c2sc(C(F)(F)P(=O)(O)O)c(Br)c2c1. The van der Waals surface area contributed by atoms with Crippen LogP contribution in [0, 0.1) is 0 Å². The van der Waals surface area contributed by atoms with E-state index in [-0.39, 0.29) is 32.5 Å². The predicted octanol–water partition coefficient (Wildman–Crippen LogP) is 5.72. The van der Waals surface area contributed by atoms with Crippen LogP contribution < -0.4 is 10.5 Å². The van der Waals surface area contributed by atoms with Crippen LogP contribution in [0.2, 0.25) is 0 Å². The Kier molecular flexibility index (Phi) is 5.85. The molecule has 0 radical (unpaired) electrons. The highest BCUT2D eigenvalue weighted by atomic mass is 79.9. The van der Waals surface area contributed by atoms with E-state index in [1.165, 1.54) is 12.1 Å². The lowest BCUT2D eigenvalue weighted by molar-refractivity contribution is 0.0595. The third-order valence-corrected chi connectivity index (χ3v) is 8.36. The predicted molar refractivity (Wildman–Crippen MR) is 122 cm³/mol. The van der Waals surface area contributed by atoms with Gasteiger partial charge >= 0.3 is 13.3 Å². The van der Waals surface area contributed by atoms with Gasteiger partial charge in [0.1, 0.15) is 17.2 Å². The number of nitrogens with two attached hydrogens (primary N) is 1. The molecule has 32 heavy (non-hydrogen) atoms. The maximum absolute atomic E-state index is 14.5. The van der Waals surface area contributed by atoms with Crippen molar-refractivity contribution in [1.29, 1.82) is 0 Å². The number of hydrogen-bond donors (Lipinski definition) is 3. The number of amides is 1. The molecule has 3 aromatic carbocycles. The second kappa shape index (κ2) is 8.20. The first kappa shape index (κ1) is 22.8. The van der Waals surface area contributed by atoms with Gasteiger partial charge in [-0.1, -0.05) is 42.5 Å². The van der Waals surface area contributed by atoms with Gasteiger partial charge in [-0.2, -0.15) is 8.78 Å². The van der Waals surface area contributed by atoms with Crippen LogP contribution >= 0.6 is 34.9 Å². The van der Waals surface area contributed by atoms with Crippen molar-refractivity contribution in [3.8, 4) is 5.75 Å². The number of halogens is 3. The van der Waals surface area contributed by atoms with Crippen molar-refractivity contribution in [2.75, 3.05) is 0 Å². The summed E-state index contributed by atoms with van der Waals surface area (Å²) in [6.07, 6.45) is 0. The molecule has 11 heteroatoms. The van der Waals surface area contributed by atoms with Crippen LogP contribution in [0.25, 0.3) is 20.9 Å². The van der Waals surface area contributed by atoms with Crippen LogP contribution in [0.3, 0.4) is 0 Å². The molecule has 0 aliphatic carbocycles. The van der Waals surface area contributed by atoms with Crippen molar-refractivity contribution in [1.82, 2.24) is 0 Å². The third kappa shape index (κ3) is 3.93. The van der Waals surface area contributed by atoms with Crippen molar-refractivity contribution in [3.05, 3.63) is 75.1 Å². The van der Waals surface area contributed by atoms with E-state index in [1.54, 1.807) is 0 Å². The fourth-order valence-corrected chi connectivity index (χ4v) is 6.26. The molecule has 0 unspecified atom stereocenters. The average Bonchev–Trinajstić information content (AvgIpc) is 3.08. The Hall–Kier alpha value is -2.36. The fraction of sp³-hybridized carbons (Fsp3) is 0.0952. The third-order valence-electron chi connectivity index (χ3n) is 4.88. The Morgan fingerprint density at radius 3 is 2.50 bits per heavy atom. The van der Waals surface area contributed by atoms with Gasteiger partial charge in [0.15, 0.2) is 0 Å². The smallest absolute Gasteiger partial charge is 0.400 e. The number of primary amides is 1. The minimum atomic E-state index is -5.79. The van der Waals surface area contributed by atoms with Gasteiger partial charge in [0, 0.05) is 15.4 Å². The second-order valence-corrected chi connectivity index (χ2v) is 10.4. The van der Waals surface area contributed by atoms with Gasteiger partial charge in [-0.25, -0.2) is 0 Å². The molecule has 0 aliphatic heterocycles. The van der Waals surface area contributed by atoms with Crippen molar-refractivity contribution < 1.29 is 32.7 Å². The van der Waals surface area contributed by atoms with Gasteiger partial charge in [0.2, 0.25) is 5.91 Å². The van der Waals surface area contributed by atoms with E-state index in [9.17, 15) is 18.1 Å². The average molecular weight is 542 g/mol. The summed E-state index contributed by atoms with van der Waals surface area (Å²) in [5, 5.41) is 2.08. The molecule has 1 amide bonds. The lowest BCUT2D eigenvalue weighted by Gasteiger charge is -2.16. The number of rotatable bonds is 6. The molecule has 4 aromatic rings. The number of alkyl halides is 2. The quantitative estimate of drug-likeness (QED) is 0.270. The summed E-state index contributed by atoms with van der Waals surface area (Å²) in [6.45, 7) is 0.0679. The number of carbonyl (C=O) groups is 1. The molecule has 0 aliphatic rings. The molecule has 4 N–H and O–H groups in total. The Labute approximate surface area is 192 Å². The molecule has 0 fully saturated rings. The lowest BCUT2D eigenvalue weighted by atomic mass is 10.1. The fourth-order valence-electron chi connectivity index (χ4n) is 3.29. The minimum Gasteiger partial charge on any atom is -0.487 e. The van der Waals surface area contributed by atoms with Crippen LogP contribution in [0.4, 0.5) is 8.78 Å². The van der Waals surface area contributed by atoms with Crippen LogP contribution in [0.5, 0.6) is 5.75 Å². The van der Waals surface area contributed by atoms with Gasteiger partial charge in [-0.15, -0.1) is 11.3 Å². The summed E-state index contributed by atoms with van der Waals surface area (Å²) in [5.41, 5.74) is 1.81. The van der Waals surface area contributed by atoms with Crippen LogP contribution in [0.1, 0.15) is 20.8 Å². The molecule has 0 atom stereocenters. The largest absolute Gasteiger partial charge is 0.487 e. The van der Waals surface area contributed by atoms with Gasteiger partial charge in [0.05, 0.1) is 4.70 Å². The molecule has 166 valence electrons. The van der Waals surface area contributed by atoms with E-state index in [2.05, 4.69) is 15.9 Å². The summed E-state index contributed by atoms with van der Waals surface area (Å²) >= 11 is 3.48. The topological polar surface area (TPSA) is 110 Å². The highest BCUT2D eigenvalue weighted by Gasteiger charge is 2.53. The highest BCUT2D eigenvalue weighted by molar-refractivity contribution is 9.10. The molecule has 1 heterocycles. The van der Waals surface area contributed by atoms with Gasteiger partial charge in [-0.05, 0) is 44.4 Å². The molecule has 4 rings (SSSR count). The van der Waals surface area contributed by atoms with E-state index in [0.717, 1.165) is 16.3 Å². The highest BCUT2D eigenvalue weighted by Crippen LogP contribution is 2.63. The zero-order valence-corrected chi connectivity index (χ0v) is 19.4. The molecular formula is C21H15BrF2NO5PS. The van der Waals surface area contributed by atoms with E-state index in [4.69, 9.17) is 20.3 Å². The number of hydrogen-bond acceptors (Lipinski definition) is 4. The van der Waals surface area contributed by atoms with Gasteiger partial charge in [-0.3, -0.25) is 9.36 Å². The first-order valence-electron chi connectivity index (χ1n) is 9.10. The lowest BCUT2D eigenvalue weighted by Crippen LogP contribution is -2.12. The van der Waals surface area contributed by atoms with Gasteiger partial charge < -0.3 is 20.3 Å². The number of benzene rings is 3. The summed E-state index contributed by atoms with van der Waals surface area (Å²) in [4.78, 5) is 29.2. The summed E-state index contributed by atoms with van der Waals surface area (Å²) in [5.74, 6) is -0.703. The molecule has 1 aromatic heterocycles. The van der Waals surface area contributed by atoms with Gasteiger partial charge in [0.25, 0.3) is 0 Å². The molecule has 0 bridgehead atoms. The molecule has 0 spiro atoms. The van der Waals surface area contributed by atoms with Crippen LogP contribution in [-0.2, 0) is 16.8 Å². The number of carbonyl (C=O) groups excluding carboxylic acids is 1. The Morgan fingerprint density at radius 1 is 1.12 bits per heavy atom. The first-order chi connectivity index (χ1) is 15.0. The van der Waals surface area contributed by atoms with Crippen LogP contribution in [0.15, 0.2) is 59.1 Å². The minimum absolute atomic E-state index is 0.00923. The van der Waals surface area contributed by atoms with Crippen LogP contribution in [-0.4, -0.2) is 15.7 Å². The Morgan fingerprint density at radius 2 is 1.81 bits per heavy atom. The van der Waals surface area contributed by atoms with Crippen molar-refractivity contribution in [2.24, 2.45) is 5.73 Å². The maximum atomic E-state index is 14.5. The number of thiophene rings is 1.